The summed E-state index contributed by atoms with van der Waals surface area (Å²) >= 11 is 8.30. The molecule has 3 aromatic rings. The molecule has 0 fully saturated rings. The largest absolute Gasteiger partial charge is 0.489 e. The van der Waals surface area contributed by atoms with Gasteiger partial charge in [0, 0.05) is 3.57 Å². The second-order valence-corrected chi connectivity index (χ2v) is 7.74. The Labute approximate surface area is 187 Å². The predicted molar refractivity (Wildman–Crippen MR) is 124 cm³/mol. The molecule has 0 unspecified atom stereocenters. The summed E-state index contributed by atoms with van der Waals surface area (Å²) in [7, 11) is 0. The fraction of sp³-hybridized carbons (Fsp3) is 0.0435. The molecule has 0 aliphatic rings. The molecule has 0 bridgehead atoms. The second-order valence-electron chi connectivity index (χ2n) is 6.09. The highest BCUT2D eigenvalue weighted by atomic mass is 127. The van der Waals surface area contributed by atoms with Crippen LogP contribution in [0.1, 0.15) is 11.1 Å². The van der Waals surface area contributed by atoms with Crippen molar-refractivity contribution in [2.45, 2.75) is 6.61 Å². The van der Waals surface area contributed by atoms with Crippen molar-refractivity contribution in [2.75, 3.05) is 5.32 Å². The van der Waals surface area contributed by atoms with Crippen LogP contribution in [0.4, 0.5) is 5.69 Å². The van der Waals surface area contributed by atoms with Gasteiger partial charge in [-0.3, -0.25) is 4.79 Å². The first-order valence-electron chi connectivity index (χ1n) is 8.70. The highest BCUT2D eigenvalue weighted by molar-refractivity contribution is 14.1. The van der Waals surface area contributed by atoms with E-state index in [1.165, 1.54) is 9.65 Å². The van der Waals surface area contributed by atoms with Crippen LogP contribution < -0.4 is 10.1 Å². The molecule has 0 aromatic heterocycles. The molecule has 6 heteroatoms. The standard InChI is InChI=1S/C23H16ClIN2O2/c24-21-3-1-2-4-22(21)27-23(28)18(14-26)13-16-7-11-20(12-8-16)29-15-17-5-9-19(25)10-6-17/h1-13H,15H2,(H,27,28)/b18-13-. The van der Waals surface area contributed by atoms with Gasteiger partial charge in [-0.15, -0.1) is 0 Å². The number of nitrogens with zero attached hydrogens (tertiary/aromatic N) is 1. The van der Waals surface area contributed by atoms with Gasteiger partial charge in [0.2, 0.25) is 0 Å². The summed E-state index contributed by atoms with van der Waals surface area (Å²) in [6.45, 7) is 0.468. The van der Waals surface area contributed by atoms with Crippen LogP contribution in [0, 0.1) is 14.9 Å². The zero-order valence-corrected chi connectivity index (χ0v) is 18.1. The molecule has 0 saturated carbocycles. The van der Waals surface area contributed by atoms with E-state index in [0.717, 1.165) is 11.1 Å². The Morgan fingerprint density at radius 1 is 1.07 bits per heavy atom. The average Bonchev–Trinajstić information content (AvgIpc) is 2.74. The van der Waals surface area contributed by atoms with E-state index in [2.05, 4.69) is 27.9 Å². The normalized spacial score (nSPS) is 10.9. The van der Waals surface area contributed by atoms with E-state index in [-0.39, 0.29) is 5.57 Å². The zero-order valence-electron chi connectivity index (χ0n) is 15.2. The molecule has 0 aliphatic carbocycles. The molecule has 0 spiro atoms. The van der Waals surface area contributed by atoms with Gasteiger partial charge in [-0.25, -0.2) is 0 Å². The maximum Gasteiger partial charge on any atom is 0.266 e. The molecular formula is C23H16ClIN2O2. The monoisotopic (exact) mass is 514 g/mol. The van der Waals surface area contributed by atoms with Crippen LogP contribution in [-0.2, 0) is 11.4 Å². The average molecular weight is 515 g/mol. The number of anilines is 1. The molecule has 1 N–H and O–H groups in total. The summed E-state index contributed by atoms with van der Waals surface area (Å²) in [5.41, 5.74) is 2.24. The molecule has 4 nitrogen and oxygen atoms in total. The van der Waals surface area contributed by atoms with Gasteiger partial charge in [0.15, 0.2) is 0 Å². The lowest BCUT2D eigenvalue weighted by atomic mass is 10.1. The smallest absolute Gasteiger partial charge is 0.266 e. The van der Waals surface area contributed by atoms with Gasteiger partial charge < -0.3 is 10.1 Å². The number of amides is 1. The minimum Gasteiger partial charge on any atom is -0.489 e. The molecule has 1 amide bonds. The molecule has 3 rings (SSSR count). The number of ether oxygens (including phenoxy) is 1. The van der Waals surface area contributed by atoms with E-state index in [4.69, 9.17) is 16.3 Å². The van der Waals surface area contributed by atoms with Crippen molar-refractivity contribution < 1.29 is 9.53 Å². The van der Waals surface area contributed by atoms with Crippen LogP contribution in [-0.4, -0.2) is 5.91 Å². The number of para-hydroxylation sites is 1. The first-order chi connectivity index (χ1) is 14.0. The van der Waals surface area contributed by atoms with Crippen molar-refractivity contribution in [3.8, 4) is 11.8 Å². The van der Waals surface area contributed by atoms with E-state index in [9.17, 15) is 10.1 Å². The number of nitriles is 1. The summed E-state index contributed by atoms with van der Waals surface area (Å²) in [5, 5.41) is 12.4. The summed E-state index contributed by atoms with van der Waals surface area (Å²) in [5.74, 6) is 0.194. The lowest BCUT2D eigenvalue weighted by Crippen LogP contribution is -2.13. The Morgan fingerprint density at radius 2 is 1.76 bits per heavy atom. The van der Waals surface area contributed by atoms with E-state index < -0.39 is 5.91 Å². The van der Waals surface area contributed by atoms with E-state index in [1.54, 1.807) is 48.5 Å². The third-order valence-corrected chi connectivity index (χ3v) is 5.05. The van der Waals surface area contributed by atoms with Gasteiger partial charge in [-0.05, 0) is 76.2 Å². The Balaban J connectivity index is 1.65. The number of nitrogens with one attached hydrogen (secondary N) is 1. The molecule has 0 aliphatic heterocycles. The molecule has 0 heterocycles. The fourth-order valence-electron chi connectivity index (χ4n) is 2.48. The number of rotatable bonds is 6. The minimum atomic E-state index is -0.514. The van der Waals surface area contributed by atoms with Crippen LogP contribution in [0.25, 0.3) is 6.08 Å². The Morgan fingerprint density at radius 3 is 2.41 bits per heavy atom. The molecular weight excluding hydrogens is 499 g/mol. The number of carbonyl (C=O) groups is 1. The maximum atomic E-state index is 12.4. The quantitative estimate of drug-likeness (QED) is 0.247. The third-order valence-electron chi connectivity index (χ3n) is 4.00. The fourth-order valence-corrected chi connectivity index (χ4v) is 3.02. The van der Waals surface area contributed by atoms with Gasteiger partial charge in [-0.1, -0.05) is 48.0 Å². The van der Waals surface area contributed by atoms with Crippen molar-refractivity contribution >= 4 is 51.9 Å². The number of benzene rings is 3. The summed E-state index contributed by atoms with van der Waals surface area (Å²) in [6, 6.07) is 24.1. The van der Waals surface area contributed by atoms with Crippen LogP contribution in [0.2, 0.25) is 5.02 Å². The molecule has 29 heavy (non-hydrogen) atoms. The number of carbonyl (C=O) groups excluding carboxylic acids is 1. The maximum absolute atomic E-state index is 12.4. The second kappa shape index (κ2) is 10.1. The predicted octanol–water partition coefficient (Wildman–Crippen LogP) is 6.07. The number of hydrogen-bond acceptors (Lipinski definition) is 3. The van der Waals surface area contributed by atoms with Crippen molar-refractivity contribution in [1.82, 2.24) is 0 Å². The van der Waals surface area contributed by atoms with E-state index in [1.807, 2.05) is 30.3 Å². The highest BCUT2D eigenvalue weighted by Crippen LogP contribution is 2.22. The summed E-state index contributed by atoms with van der Waals surface area (Å²) in [6.07, 6.45) is 1.52. The number of hydrogen-bond donors (Lipinski definition) is 1. The first-order valence-corrected chi connectivity index (χ1v) is 10.2. The van der Waals surface area contributed by atoms with Gasteiger partial charge in [0.05, 0.1) is 10.7 Å². The van der Waals surface area contributed by atoms with Crippen LogP contribution >= 0.6 is 34.2 Å². The molecule has 0 radical (unpaired) electrons. The van der Waals surface area contributed by atoms with Gasteiger partial charge >= 0.3 is 0 Å². The van der Waals surface area contributed by atoms with Crippen molar-refractivity contribution in [2.24, 2.45) is 0 Å². The van der Waals surface area contributed by atoms with Crippen molar-refractivity contribution in [1.29, 1.82) is 5.26 Å². The van der Waals surface area contributed by atoms with Gasteiger partial charge in [-0.2, -0.15) is 5.26 Å². The van der Waals surface area contributed by atoms with Crippen molar-refractivity contribution in [3.63, 3.8) is 0 Å². The Kier molecular flexibility index (Phi) is 7.28. The summed E-state index contributed by atoms with van der Waals surface area (Å²) < 4.78 is 6.95. The first kappa shape index (κ1) is 20.9. The molecule has 0 saturated heterocycles. The molecule has 0 atom stereocenters. The van der Waals surface area contributed by atoms with E-state index >= 15 is 0 Å². The number of halogens is 2. The van der Waals surface area contributed by atoms with Crippen LogP contribution in [0.3, 0.4) is 0 Å². The topological polar surface area (TPSA) is 62.1 Å². The Hall–Kier alpha value is -2.82. The molecule has 144 valence electrons. The zero-order chi connectivity index (χ0) is 20.6. The third kappa shape index (κ3) is 6.08. The SMILES string of the molecule is N#C/C(=C/c1ccc(OCc2ccc(I)cc2)cc1)C(=O)Nc1ccccc1Cl. The van der Waals surface area contributed by atoms with Crippen LogP contribution in [0.15, 0.2) is 78.4 Å². The van der Waals surface area contributed by atoms with Gasteiger partial charge in [0.1, 0.15) is 24.0 Å². The minimum absolute atomic E-state index is 0.0162. The van der Waals surface area contributed by atoms with Crippen LogP contribution in [0.5, 0.6) is 5.75 Å². The van der Waals surface area contributed by atoms with E-state index in [0.29, 0.717) is 23.1 Å². The lowest BCUT2D eigenvalue weighted by Gasteiger charge is -2.07. The Bertz CT molecular complexity index is 1070. The van der Waals surface area contributed by atoms with Gasteiger partial charge in [0.25, 0.3) is 5.91 Å². The summed E-state index contributed by atoms with van der Waals surface area (Å²) in [4.78, 5) is 12.4. The van der Waals surface area contributed by atoms with Crippen molar-refractivity contribution in [3.05, 3.63) is 98.1 Å². The molecule has 3 aromatic carbocycles. The lowest BCUT2D eigenvalue weighted by molar-refractivity contribution is -0.112. The highest BCUT2D eigenvalue weighted by Gasteiger charge is 2.11.